The first-order chi connectivity index (χ1) is 16.4. The van der Waals surface area contributed by atoms with Crippen molar-refractivity contribution in [2.45, 2.75) is 6.92 Å². The van der Waals surface area contributed by atoms with Gasteiger partial charge in [0.1, 0.15) is 11.4 Å². The molecule has 34 heavy (non-hydrogen) atoms. The summed E-state index contributed by atoms with van der Waals surface area (Å²) in [6.07, 6.45) is 2.83. The van der Waals surface area contributed by atoms with E-state index in [4.69, 9.17) is 9.47 Å². The van der Waals surface area contributed by atoms with E-state index in [1.807, 2.05) is 0 Å². The number of nitrogens with zero attached hydrogens (tertiary/aromatic N) is 1. The Bertz CT molecular complexity index is 1310. The lowest BCUT2D eigenvalue weighted by atomic mass is 10.1. The van der Waals surface area contributed by atoms with Crippen LogP contribution in [0.1, 0.15) is 27.0 Å². The van der Waals surface area contributed by atoms with Gasteiger partial charge in [-0.25, -0.2) is 5.43 Å². The highest BCUT2D eigenvalue weighted by atomic mass is 79.9. The van der Waals surface area contributed by atoms with Crippen molar-refractivity contribution in [1.29, 1.82) is 0 Å². The van der Waals surface area contributed by atoms with Crippen LogP contribution in [-0.2, 0) is 4.79 Å². The monoisotopic (exact) mass is 521 g/mol. The highest BCUT2D eigenvalue weighted by molar-refractivity contribution is 9.10. The number of carbonyl (C=O) groups excluding carboxylic acids is 2. The number of fused-ring (bicyclic) bond motifs is 1. The van der Waals surface area contributed by atoms with Crippen LogP contribution < -0.4 is 20.2 Å². The van der Waals surface area contributed by atoms with Crippen LogP contribution in [0.25, 0.3) is 6.08 Å². The summed E-state index contributed by atoms with van der Waals surface area (Å²) < 4.78 is 11.5. The maximum atomic E-state index is 12.9. The largest absolute Gasteiger partial charge is 0.507 e. The van der Waals surface area contributed by atoms with Crippen LogP contribution in [0.4, 0.5) is 0 Å². The molecule has 3 N–H and O–H groups in total. The summed E-state index contributed by atoms with van der Waals surface area (Å²) in [5, 5.41) is 16.8. The summed E-state index contributed by atoms with van der Waals surface area (Å²) >= 11 is 3.36. The summed E-state index contributed by atoms with van der Waals surface area (Å²) in [5.41, 5.74) is 4.45. The average Bonchev–Trinajstić information content (AvgIpc) is 3.30. The van der Waals surface area contributed by atoms with Crippen LogP contribution in [0.15, 0.2) is 75.9 Å². The van der Waals surface area contributed by atoms with Crippen molar-refractivity contribution in [1.82, 2.24) is 10.7 Å². The van der Waals surface area contributed by atoms with Gasteiger partial charge in [-0.05, 0) is 60.5 Å². The van der Waals surface area contributed by atoms with Crippen molar-refractivity contribution in [3.63, 3.8) is 0 Å². The molecule has 0 saturated carbocycles. The summed E-state index contributed by atoms with van der Waals surface area (Å²) in [4.78, 5) is 25.6. The minimum atomic E-state index is -0.649. The Morgan fingerprint density at radius 2 is 1.82 bits per heavy atom. The van der Waals surface area contributed by atoms with Crippen LogP contribution in [0.5, 0.6) is 17.2 Å². The number of halogens is 1. The zero-order chi connectivity index (χ0) is 24.1. The molecule has 0 aliphatic carbocycles. The number of hydrogen-bond donors (Lipinski definition) is 3. The number of benzene rings is 3. The number of hydrazone groups is 1. The summed E-state index contributed by atoms with van der Waals surface area (Å²) in [5.74, 6) is 0.0951. The molecular weight excluding hydrogens is 502 g/mol. The van der Waals surface area contributed by atoms with Crippen LogP contribution in [-0.4, -0.2) is 29.9 Å². The second-order valence-electron chi connectivity index (χ2n) is 7.35. The van der Waals surface area contributed by atoms with Crippen LogP contribution in [0, 0.1) is 6.92 Å². The van der Waals surface area contributed by atoms with Gasteiger partial charge in [0, 0.05) is 15.6 Å². The standard InChI is InChI=1S/C25H20BrN3O5/c1-15-9-19(26)12-18(23(15)30)13-27-29-25(32)20(28-24(31)17-5-3-2-4-6-17)10-16-7-8-21-22(11-16)34-14-33-21/h2-13,30H,14H2,1H3,(H,28,31)(H,29,32)/b20-10-,27-13-. The third-order valence-corrected chi connectivity index (χ3v) is 5.36. The molecule has 4 rings (SSSR count). The lowest BCUT2D eigenvalue weighted by molar-refractivity contribution is -0.117. The Morgan fingerprint density at radius 3 is 2.62 bits per heavy atom. The first kappa shape index (κ1) is 23.1. The SMILES string of the molecule is Cc1cc(Br)cc(/C=N\NC(=O)/C(=C/c2ccc3c(c2)OCO3)NC(=O)c2ccccc2)c1O. The molecule has 0 atom stereocenters. The van der Waals surface area contributed by atoms with Gasteiger partial charge < -0.3 is 19.9 Å². The zero-order valence-corrected chi connectivity index (χ0v) is 19.6. The molecule has 0 fully saturated rings. The van der Waals surface area contributed by atoms with Crippen molar-refractivity contribution in [3.8, 4) is 17.2 Å². The molecule has 1 heterocycles. The van der Waals surface area contributed by atoms with Gasteiger partial charge in [0.05, 0.1) is 6.21 Å². The van der Waals surface area contributed by atoms with Gasteiger partial charge in [-0.15, -0.1) is 0 Å². The molecule has 172 valence electrons. The minimum Gasteiger partial charge on any atom is -0.507 e. The molecule has 8 nitrogen and oxygen atoms in total. The number of amides is 2. The van der Waals surface area contributed by atoms with E-state index in [0.717, 1.165) is 4.47 Å². The van der Waals surface area contributed by atoms with E-state index in [-0.39, 0.29) is 18.2 Å². The van der Waals surface area contributed by atoms with Crippen LogP contribution in [0.2, 0.25) is 0 Å². The number of hydrogen-bond acceptors (Lipinski definition) is 6. The molecule has 3 aromatic carbocycles. The van der Waals surface area contributed by atoms with E-state index in [1.165, 1.54) is 12.3 Å². The lowest BCUT2D eigenvalue weighted by Gasteiger charge is -2.10. The number of carbonyl (C=O) groups is 2. The molecule has 0 bridgehead atoms. The van der Waals surface area contributed by atoms with Gasteiger partial charge in [-0.2, -0.15) is 5.10 Å². The molecule has 0 saturated heterocycles. The number of rotatable bonds is 6. The maximum Gasteiger partial charge on any atom is 0.287 e. The number of phenolic OH excluding ortho intramolecular Hbond substituents is 1. The summed E-state index contributed by atoms with van der Waals surface area (Å²) in [7, 11) is 0. The molecule has 0 unspecified atom stereocenters. The van der Waals surface area contributed by atoms with E-state index >= 15 is 0 Å². The Kier molecular flexibility index (Phi) is 6.93. The maximum absolute atomic E-state index is 12.9. The van der Waals surface area contributed by atoms with Gasteiger partial charge in [-0.3, -0.25) is 9.59 Å². The first-order valence-electron chi connectivity index (χ1n) is 10.2. The second kappa shape index (κ2) is 10.2. The predicted octanol–water partition coefficient (Wildman–Crippen LogP) is 4.11. The Morgan fingerprint density at radius 1 is 1.06 bits per heavy atom. The molecule has 1 aliphatic rings. The number of ether oxygens (including phenoxy) is 2. The van der Waals surface area contributed by atoms with E-state index in [0.29, 0.717) is 33.8 Å². The molecular formula is C25H20BrN3O5. The highest BCUT2D eigenvalue weighted by Gasteiger charge is 2.17. The van der Waals surface area contributed by atoms with E-state index < -0.39 is 11.8 Å². The average molecular weight is 522 g/mol. The fraction of sp³-hybridized carbons (Fsp3) is 0.0800. The Labute approximate surface area is 204 Å². The lowest BCUT2D eigenvalue weighted by Crippen LogP contribution is -2.32. The van der Waals surface area contributed by atoms with Crippen LogP contribution >= 0.6 is 15.9 Å². The van der Waals surface area contributed by atoms with Crippen molar-refractivity contribution in [2.24, 2.45) is 5.10 Å². The number of nitrogens with one attached hydrogen (secondary N) is 2. The van der Waals surface area contributed by atoms with E-state index in [2.05, 4.69) is 31.8 Å². The quantitative estimate of drug-likeness (QED) is 0.257. The van der Waals surface area contributed by atoms with Gasteiger partial charge in [-0.1, -0.05) is 40.2 Å². The summed E-state index contributed by atoms with van der Waals surface area (Å²) in [6.45, 7) is 1.87. The highest BCUT2D eigenvalue weighted by Crippen LogP contribution is 2.33. The number of phenols is 1. The fourth-order valence-corrected chi connectivity index (χ4v) is 3.78. The van der Waals surface area contributed by atoms with Crippen LogP contribution in [0.3, 0.4) is 0 Å². The van der Waals surface area contributed by atoms with Crippen molar-refractivity contribution < 1.29 is 24.2 Å². The summed E-state index contributed by atoms with van der Waals surface area (Å²) in [6, 6.07) is 17.1. The molecule has 3 aromatic rings. The van der Waals surface area contributed by atoms with Crippen molar-refractivity contribution in [3.05, 3.63) is 93.1 Å². The molecule has 9 heteroatoms. The molecule has 0 spiro atoms. The normalized spacial score (nSPS) is 12.6. The Hall–Kier alpha value is -4.11. The number of aryl methyl sites for hydroxylation is 1. The van der Waals surface area contributed by atoms with Crippen molar-refractivity contribution in [2.75, 3.05) is 6.79 Å². The van der Waals surface area contributed by atoms with E-state index in [9.17, 15) is 14.7 Å². The molecule has 0 radical (unpaired) electrons. The fourth-order valence-electron chi connectivity index (χ4n) is 3.19. The second-order valence-corrected chi connectivity index (χ2v) is 8.27. The third-order valence-electron chi connectivity index (χ3n) is 4.90. The van der Waals surface area contributed by atoms with Gasteiger partial charge >= 0.3 is 0 Å². The minimum absolute atomic E-state index is 0.0282. The van der Waals surface area contributed by atoms with Gasteiger partial charge in [0.15, 0.2) is 11.5 Å². The molecule has 0 aromatic heterocycles. The van der Waals surface area contributed by atoms with Gasteiger partial charge in [0.25, 0.3) is 11.8 Å². The topological polar surface area (TPSA) is 109 Å². The Balaban J connectivity index is 1.58. The zero-order valence-electron chi connectivity index (χ0n) is 18.0. The molecule has 2 amide bonds. The van der Waals surface area contributed by atoms with Gasteiger partial charge in [0.2, 0.25) is 6.79 Å². The third kappa shape index (κ3) is 5.44. The van der Waals surface area contributed by atoms with E-state index in [1.54, 1.807) is 67.6 Å². The smallest absolute Gasteiger partial charge is 0.287 e. The van der Waals surface area contributed by atoms with Crippen molar-refractivity contribution >= 4 is 40.0 Å². The molecule has 1 aliphatic heterocycles. The first-order valence-corrected chi connectivity index (χ1v) is 11.0. The predicted molar refractivity (Wildman–Crippen MR) is 131 cm³/mol. The number of aromatic hydroxyl groups is 1.